The average molecular weight is 277 g/mol. The third-order valence-electron chi connectivity index (χ3n) is 3.25. The number of ether oxygens (including phenoxy) is 1. The second-order valence-corrected chi connectivity index (χ2v) is 4.69. The minimum atomic E-state index is -0.345. The lowest BCUT2D eigenvalue weighted by molar-refractivity contribution is 0.0467. The summed E-state index contributed by atoms with van der Waals surface area (Å²) in [5.74, 6) is -0.345. The van der Waals surface area contributed by atoms with Crippen LogP contribution in [-0.2, 0) is 11.3 Å². The summed E-state index contributed by atoms with van der Waals surface area (Å²) in [4.78, 5) is 15.2. The molecule has 0 aliphatic heterocycles. The van der Waals surface area contributed by atoms with Crippen LogP contribution in [0, 0.1) is 0 Å². The van der Waals surface area contributed by atoms with Gasteiger partial charge in [-0.2, -0.15) is 0 Å². The van der Waals surface area contributed by atoms with Crippen LogP contribution < -0.4 is 0 Å². The molecular formula is C18H15NO2. The number of carbonyl (C=O) groups excluding carboxylic acids is 1. The van der Waals surface area contributed by atoms with Crippen molar-refractivity contribution >= 4 is 5.97 Å². The van der Waals surface area contributed by atoms with Crippen LogP contribution >= 0.6 is 0 Å². The van der Waals surface area contributed by atoms with Gasteiger partial charge in [0.05, 0.1) is 0 Å². The second kappa shape index (κ2) is 6.09. The van der Waals surface area contributed by atoms with Crippen molar-refractivity contribution in [2.45, 2.75) is 6.61 Å². The van der Waals surface area contributed by atoms with E-state index in [0.29, 0.717) is 5.69 Å². The highest BCUT2D eigenvalue weighted by Gasteiger charge is 2.15. The van der Waals surface area contributed by atoms with Crippen LogP contribution in [0.5, 0.6) is 0 Å². The second-order valence-electron chi connectivity index (χ2n) is 4.69. The van der Waals surface area contributed by atoms with Crippen molar-refractivity contribution in [2.75, 3.05) is 0 Å². The van der Waals surface area contributed by atoms with Gasteiger partial charge in [-0.05, 0) is 17.2 Å². The lowest BCUT2D eigenvalue weighted by Gasteiger charge is -2.06. The molecule has 21 heavy (non-hydrogen) atoms. The molecule has 3 aromatic rings. The molecule has 0 amide bonds. The maximum absolute atomic E-state index is 12.2. The van der Waals surface area contributed by atoms with E-state index >= 15 is 0 Å². The Morgan fingerprint density at radius 3 is 2.29 bits per heavy atom. The number of rotatable bonds is 4. The average Bonchev–Trinajstić information content (AvgIpc) is 3.04. The van der Waals surface area contributed by atoms with Gasteiger partial charge in [-0.25, -0.2) is 4.79 Å². The quantitative estimate of drug-likeness (QED) is 0.731. The lowest BCUT2D eigenvalue weighted by atomic mass is 10.1. The number of aromatic amines is 1. The van der Waals surface area contributed by atoms with E-state index in [1.165, 1.54) is 0 Å². The summed E-state index contributed by atoms with van der Waals surface area (Å²) in [5, 5.41) is 0. The molecule has 1 N–H and O–H groups in total. The topological polar surface area (TPSA) is 42.1 Å². The number of nitrogens with one attached hydrogen (secondary N) is 1. The minimum absolute atomic E-state index is 0.271. The van der Waals surface area contributed by atoms with Gasteiger partial charge in [0.1, 0.15) is 12.3 Å². The number of benzene rings is 2. The van der Waals surface area contributed by atoms with Gasteiger partial charge in [0.25, 0.3) is 0 Å². The van der Waals surface area contributed by atoms with Gasteiger partial charge in [-0.3, -0.25) is 0 Å². The summed E-state index contributed by atoms with van der Waals surface area (Å²) in [6, 6.07) is 21.3. The number of aromatic nitrogens is 1. The molecule has 0 fully saturated rings. The summed E-state index contributed by atoms with van der Waals surface area (Å²) < 4.78 is 5.36. The number of carbonyl (C=O) groups is 1. The molecule has 0 atom stereocenters. The molecule has 1 heterocycles. The van der Waals surface area contributed by atoms with Crippen molar-refractivity contribution in [3.63, 3.8) is 0 Å². The van der Waals surface area contributed by atoms with E-state index in [-0.39, 0.29) is 12.6 Å². The monoisotopic (exact) mass is 277 g/mol. The predicted octanol–water partition coefficient (Wildman–Crippen LogP) is 4.04. The maximum Gasteiger partial charge on any atom is 0.355 e. The molecule has 0 saturated carbocycles. The normalized spacial score (nSPS) is 10.3. The van der Waals surface area contributed by atoms with E-state index in [1.807, 2.05) is 66.7 Å². The molecule has 104 valence electrons. The highest BCUT2D eigenvalue weighted by molar-refractivity contribution is 5.95. The standard InChI is InChI=1S/C18H15NO2/c20-18(21-13-14-7-3-1-4-8-14)17-16(11-12-19-17)15-9-5-2-6-10-15/h1-12,19H,13H2. The molecule has 0 unspecified atom stereocenters. The summed E-state index contributed by atoms with van der Waals surface area (Å²) in [5.41, 5.74) is 3.30. The van der Waals surface area contributed by atoms with Crippen molar-refractivity contribution in [1.29, 1.82) is 0 Å². The van der Waals surface area contributed by atoms with Gasteiger partial charge in [0.2, 0.25) is 0 Å². The SMILES string of the molecule is O=C(OCc1ccccc1)c1[nH]ccc1-c1ccccc1. The van der Waals surface area contributed by atoms with Crippen molar-refractivity contribution in [2.24, 2.45) is 0 Å². The number of esters is 1. The number of hydrogen-bond acceptors (Lipinski definition) is 2. The Bertz CT molecular complexity index is 717. The molecule has 0 aliphatic carbocycles. The molecule has 1 aromatic heterocycles. The molecule has 0 aliphatic rings. The number of H-pyrrole nitrogens is 1. The first-order chi connectivity index (χ1) is 10.3. The molecule has 0 bridgehead atoms. The van der Waals surface area contributed by atoms with Crippen LogP contribution in [0.15, 0.2) is 72.9 Å². The smallest absolute Gasteiger partial charge is 0.355 e. The zero-order valence-electron chi connectivity index (χ0n) is 11.5. The molecular weight excluding hydrogens is 262 g/mol. The van der Waals surface area contributed by atoms with E-state index in [9.17, 15) is 4.79 Å². The van der Waals surface area contributed by atoms with E-state index in [4.69, 9.17) is 4.74 Å². The summed E-state index contributed by atoms with van der Waals surface area (Å²) >= 11 is 0. The Hall–Kier alpha value is -2.81. The van der Waals surface area contributed by atoms with E-state index in [1.54, 1.807) is 6.20 Å². The number of hydrogen-bond donors (Lipinski definition) is 1. The fraction of sp³-hybridized carbons (Fsp3) is 0.0556. The van der Waals surface area contributed by atoms with Gasteiger partial charge < -0.3 is 9.72 Å². The summed E-state index contributed by atoms with van der Waals surface area (Å²) in [7, 11) is 0. The maximum atomic E-state index is 12.2. The van der Waals surface area contributed by atoms with Gasteiger partial charge in [0, 0.05) is 11.8 Å². The highest BCUT2D eigenvalue weighted by Crippen LogP contribution is 2.23. The zero-order chi connectivity index (χ0) is 14.5. The van der Waals surface area contributed by atoms with Gasteiger partial charge >= 0.3 is 5.97 Å². The first kappa shape index (κ1) is 13.2. The van der Waals surface area contributed by atoms with E-state index in [2.05, 4.69) is 4.98 Å². The van der Waals surface area contributed by atoms with E-state index in [0.717, 1.165) is 16.7 Å². The molecule has 0 radical (unpaired) electrons. The van der Waals surface area contributed by atoms with Crippen molar-refractivity contribution in [1.82, 2.24) is 4.98 Å². The Balaban J connectivity index is 1.76. The summed E-state index contributed by atoms with van der Waals surface area (Å²) in [6.07, 6.45) is 1.75. The molecule has 3 nitrogen and oxygen atoms in total. The molecule has 3 rings (SSSR count). The van der Waals surface area contributed by atoms with Crippen LogP contribution in [0.3, 0.4) is 0 Å². The van der Waals surface area contributed by atoms with E-state index < -0.39 is 0 Å². The van der Waals surface area contributed by atoms with Crippen molar-refractivity contribution in [3.8, 4) is 11.1 Å². The fourth-order valence-electron chi connectivity index (χ4n) is 2.19. The first-order valence-electron chi connectivity index (χ1n) is 6.78. The fourth-order valence-corrected chi connectivity index (χ4v) is 2.19. The Labute approximate surface area is 123 Å². The van der Waals surface area contributed by atoms with Gasteiger partial charge in [0.15, 0.2) is 0 Å². The van der Waals surface area contributed by atoms with Crippen LogP contribution in [0.2, 0.25) is 0 Å². The van der Waals surface area contributed by atoms with Crippen LogP contribution in [-0.4, -0.2) is 11.0 Å². The lowest BCUT2D eigenvalue weighted by Crippen LogP contribution is -2.07. The first-order valence-corrected chi connectivity index (χ1v) is 6.78. The highest BCUT2D eigenvalue weighted by atomic mass is 16.5. The largest absolute Gasteiger partial charge is 0.456 e. The van der Waals surface area contributed by atoms with Crippen LogP contribution in [0.25, 0.3) is 11.1 Å². The summed E-state index contributed by atoms with van der Waals surface area (Å²) in [6.45, 7) is 0.271. The third-order valence-corrected chi connectivity index (χ3v) is 3.25. The van der Waals surface area contributed by atoms with Gasteiger partial charge in [-0.1, -0.05) is 60.7 Å². The third kappa shape index (κ3) is 3.03. The zero-order valence-corrected chi connectivity index (χ0v) is 11.5. The van der Waals surface area contributed by atoms with Crippen LogP contribution in [0.4, 0.5) is 0 Å². The Morgan fingerprint density at radius 1 is 0.905 bits per heavy atom. The minimum Gasteiger partial charge on any atom is -0.456 e. The Kier molecular flexibility index (Phi) is 3.83. The molecule has 2 aromatic carbocycles. The molecule has 0 spiro atoms. The molecule has 3 heteroatoms. The predicted molar refractivity (Wildman–Crippen MR) is 81.8 cm³/mol. The van der Waals surface area contributed by atoms with Crippen molar-refractivity contribution in [3.05, 3.63) is 84.2 Å². The molecule has 0 saturated heterocycles. The van der Waals surface area contributed by atoms with Crippen molar-refractivity contribution < 1.29 is 9.53 Å². The van der Waals surface area contributed by atoms with Gasteiger partial charge in [-0.15, -0.1) is 0 Å². The van der Waals surface area contributed by atoms with Crippen LogP contribution in [0.1, 0.15) is 16.1 Å². The Morgan fingerprint density at radius 2 is 1.57 bits per heavy atom.